The largest absolute Gasteiger partial charge is 0.481 e. The van der Waals surface area contributed by atoms with Crippen LogP contribution in [0, 0.1) is 0 Å². The summed E-state index contributed by atoms with van der Waals surface area (Å²) >= 11 is 5.18. The molecule has 1 saturated heterocycles. The molecule has 7 heteroatoms. The van der Waals surface area contributed by atoms with Gasteiger partial charge in [0.05, 0.1) is 7.11 Å². The normalized spacial score (nSPS) is 14.4. The van der Waals surface area contributed by atoms with Crippen LogP contribution in [0.15, 0.2) is 18.7 Å². The monoisotopic (exact) mass is 307 g/mol. The molecule has 0 radical (unpaired) electrons. The van der Waals surface area contributed by atoms with Crippen LogP contribution < -0.4 is 20.3 Å². The van der Waals surface area contributed by atoms with Crippen LogP contribution in [0.4, 0.5) is 11.8 Å². The SMILES string of the molecule is C=CCNC(=S)Nc1nc(OC)cc(N2CCCCC2)n1. The third kappa shape index (κ3) is 4.56. The van der Waals surface area contributed by atoms with Gasteiger partial charge in [0.1, 0.15) is 5.82 Å². The van der Waals surface area contributed by atoms with Crippen molar-refractivity contribution >= 4 is 29.1 Å². The van der Waals surface area contributed by atoms with E-state index in [0.717, 1.165) is 18.9 Å². The zero-order chi connectivity index (χ0) is 15.1. The highest BCUT2D eigenvalue weighted by Crippen LogP contribution is 2.22. The first-order chi connectivity index (χ1) is 10.2. The summed E-state index contributed by atoms with van der Waals surface area (Å²) in [5.41, 5.74) is 0. The van der Waals surface area contributed by atoms with Gasteiger partial charge in [-0.1, -0.05) is 6.08 Å². The number of methoxy groups -OCH3 is 1. The minimum atomic E-state index is 0.441. The van der Waals surface area contributed by atoms with Crippen LogP contribution in [0.2, 0.25) is 0 Å². The smallest absolute Gasteiger partial charge is 0.234 e. The van der Waals surface area contributed by atoms with Crippen molar-refractivity contribution in [2.24, 2.45) is 0 Å². The van der Waals surface area contributed by atoms with E-state index in [0.29, 0.717) is 23.5 Å². The zero-order valence-corrected chi connectivity index (χ0v) is 13.1. The van der Waals surface area contributed by atoms with Crippen molar-refractivity contribution in [3.8, 4) is 5.88 Å². The van der Waals surface area contributed by atoms with E-state index >= 15 is 0 Å². The highest BCUT2D eigenvalue weighted by atomic mass is 32.1. The Morgan fingerprint density at radius 1 is 1.43 bits per heavy atom. The molecule has 0 aromatic carbocycles. The van der Waals surface area contributed by atoms with Crippen LogP contribution in [-0.4, -0.2) is 41.8 Å². The van der Waals surface area contributed by atoms with Crippen LogP contribution in [0.25, 0.3) is 0 Å². The molecule has 2 heterocycles. The lowest BCUT2D eigenvalue weighted by Crippen LogP contribution is -2.32. The minimum absolute atomic E-state index is 0.441. The quantitative estimate of drug-likeness (QED) is 0.637. The number of thiocarbonyl (C=S) groups is 1. The molecule has 0 unspecified atom stereocenters. The molecule has 1 aromatic heterocycles. The summed E-state index contributed by atoms with van der Waals surface area (Å²) < 4.78 is 5.25. The predicted octanol–water partition coefficient (Wildman–Crippen LogP) is 1.95. The Balaban J connectivity index is 2.12. The predicted molar refractivity (Wildman–Crippen MR) is 89.1 cm³/mol. The van der Waals surface area contributed by atoms with Crippen molar-refractivity contribution in [2.45, 2.75) is 19.3 Å². The maximum atomic E-state index is 5.25. The van der Waals surface area contributed by atoms with Crippen molar-refractivity contribution in [3.63, 3.8) is 0 Å². The van der Waals surface area contributed by atoms with Gasteiger partial charge in [0.2, 0.25) is 11.8 Å². The molecule has 0 spiro atoms. The van der Waals surface area contributed by atoms with Gasteiger partial charge in [0.15, 0.2) is 5.11 Å². The lowest BCUT2D eigenvalue weighted by atomic mass is 10.1. The number of nitrogens with one attached hydrogen (secondary N) is 2. The van der Waals surface area contributed by atoms with Gasteiger partial charge in [0, 0.05) is 25.7 Å². The van der Waals surface area contributed by atoms with Gasteiger partial charge >= 0.3 is 0 Å². The van der Waals surface area contributed by atoms with Gasteiger partial charge in [-0.15, -0.1) is 6.58 Å². The average molecular weight is 307 g/mol. The van der Waals surface area contributed by atoms with Crippen molar-refractivity contribution in [1.82, 2.24) is 15.3 Å². The van der Waals surface area contributed by atoms with E-state index in [-0.39, 0.29) is 0 Å². The van der Waals surface area contributed by atoms with E-state index in [4.69, 9.17) is 17.0 Å². The molecule has 6 nitrogen and oxygen atoms in total. The second kappa shape index (κ2) is 7.78. The number of piperidine rings is 1. The van der Waals surface area contributed by atoms with Gasteiger partial charge in [-0.05, 0) is 31.5 Å². The van der Waals surface area contributed by atoms with Gasteiger partial charge in [-0.3, -0.25) is 0 Å². The number of nitrogens with zero attached hydrogens (tertiary/aromatic N) is 3. The number of hydrogen-bond donors (Lipinski definition) is 2. The number of rotatable bonds is 5. The number of ether oxygens (including phenoxy) is 1. The molecule has 1 fully saturated rings. The standard InChI is InChI=1S/C14H21N5OS/c1-3-7-15-14(21)18-13-16-11(10-12(17-13)20-2)19-8-5-4-6-9-19/h3,10H,1,4-9H2,2H3,(H2,15,16,17,18,21). The summed E-state index contributed by atoms with van der Waals surface area (Å²) in [6, 6.07) is 1.86. The molecule has 0 aliphatic carbocycles. The number of aromatic nitrogens is 2. The molecular formula is C14H21N5OS. The fourth-order valence-electron chi connectivity index (χ4n) is 2.17. The summed E-state index contributed by atoms with van der Waals surface area (Å²) in [6.07, 6.45) is 5.39. The topological polar surface area (TPSA) is 62.3 Å². The maximum absolute atomic E-state index is 5.25. The molecule has 0 atom stereocenters. The second-order valence-electron chi connectivity index (χ2n) is 4.76. The summed E-state index contributed by atoms with van der Waals surface area (Å²) in [7, 11) is 1.60. The van der Waals surface area contributed by atoms with Crippen molar-refractivity contribution in [1.29, 1.82) is 0 Å². The van der Waals surface area contributed by atoms with E-state index in [9.17, 15) is 0 Å². The Morgan fingerprint density at radius 2 is 2.19 bits per heavy atom. The number of anilines is 2. The Morgan fingerprint density at radius 3 is 2.86 bits per heavy atom. The van der Waals surface area contributed by atoms with Crippen LogP contribution in [0.3, 0.4) is 0 Å². The maximum Gasteiger partial charge on any atom is 0.234 e. The minimum Gasteiger partial charge on any atom is -0.481 e. The molecule has 2 N–H and O–H groups in total. The first-order valence-electron chi connectivity index (χ1n) is 7.06. The van der Waals surface area contributed by atoms with E-state index < -0.39 is 0 Å². The van der Waals surface area contributed by atoms with Crippen molar-refractivity contribution < 1.29 is 4.74 Å². The molecule has 1 aliphatic heterocycles. The van der Waals surface area contributed by atoms with E-state index in [1.165, 1.54) is 19.3 Å². The molecule has 1 aliphatic rings. The van der Waals surface area contributed by atoms with Crippen LogP contribution >= 0.6 is 12.2 Å². The van der Waals surface area contributed by atoms with E-state index in [1.807, 2.05) is 6.07 Å². The molecule has 0 bridgehead atoms. The summed E-state index contributed by atoms with van der Waals surface area (Å²) in [4.78, 5) is 11.0. The molecule has 2 rings (SSSR count). The molecule has 0 amide bonds. The van der Waals surface area contributed by atoms with E-state index in [1.54, 1.807) is 13.2 Å². The summed E-state index contributed by atoms with van der Waals surface area (Å²) in [5, 5.41) is 6.43. The fourth-order valence-corrected chi connectivity index (χ4v) is 2.34. The van der Waals surface area contributed by atoms with E-state index in [2.05, 4.69) is 32.1 Å². The Hall–Kier alpha value is -1.89. The Kier molecular flexibility index (Phi) is 5.74. The highest BCUT2D eigenvalue weighted by molar-refractivity contribution is 7.80. The summed E-state index contributed by atoms with van der Waals surface area (Å²) in [5.74, 6) is 1.84. The fraction of sp³-hybridized carbons (Fsp3) is 0.500. The molecule has 0 saturated carbocycles. The Labute approximate surface area is 130 Å². The first-order valence-corrected chi connectivity index (χ1v) is 7.47. The molecule has 21 heavy (non-hydrogen) atoms. The molecule has 1 aromatic rings. The zero-order valence-electron chi connectivity index (χ0n) is 12.3. The number of hydrogen-bond acceptors (Lipinski definition) is 5. The first kappa shape index (κ1) is 15.5. The Bertz CT molecular complexity index is 502. The van der Waals surface area contributed by atoms with Gasteiger partial charge in [-0.2, -0.15) is 9.97 Å². The van der Waals surface area contributed by atoms with Crippen LogP contribution in [-0.2, 0) is 0 Å². The third-order valence-corrected chi connectivity index (χ3v) is 3.46. The third-order valence-electron chi connectivity index (χ3n) is 3.21. The van der Waals surface area contributed by atoms with Gasteiger partial charge < -0.3 is 20.3 Å². The lowest BCUT2D eigenvalue weighted by molar-refractivity contribution is 0.397. The van der Waals surface area contributed by atoms with Crippen LogP contribution in [0.5, 0.6) is 5.88 Å². The van der Waals surface area contributed by atoms with Crippen molar-refractivity contribution in [3.05, 3.63) is 18.7 Å². The molecule has 114 valence electrons. The van der Waals surface area contributed by atoms with Gasteiger partial charge in [-0.25, -0.2) is 0 Å². The summed E-state index contributed by atoms with van der Waals surface area (Å²) in [6.45, 7) is 6.25. The van der Waals surface area contributed by atoms with Crippen LogP contribution in [0.1, 0.15) is 19.3 Å². The molecular weight excluding hydrogens is 286 g/mol. The highest BCUT2D eigenvalue weighted by Gasteiger charge is 2.15. The van der Waals surface area contributed by atoms with Gasteiger partial charge in [0.25, 0.3) is 0 Å². The second-order valence-corrected chi connectivity index (χ2v) is 5.17. The lowest BCUT2D eigenvalue weighted by Gasteiger charge is -2.28. The average Bonchev–Trinajstić information content (AvgIpc) is 2.53. The van der Waals surface area contributed by atoms with Crippen molar-refractivity contribution in [2.75, 3.05) is 37.0 Å².